The van der Waals surface area contributed by atoms with Gasteiger partial charge in [-0.2, -0.15) is 0 Å². The summed E-state index contributed by atoms with van der Waals surface area (Å²) in [5.74, 6) is 0.810. The van der Waals surface area contributed by atoms with Crippen molar-refractivity contribution in [2.75, 3.05) is 19.8 Å². The average molecular weight is 231 g/mol. The van der Waals surface area contributed by atoms with Crippen LogP contribution in [0.3, 0.4) is 0 Å². The maximum absolute atomic E-state index is 5.62. The highest BCUT2D eigenvalue weighted by atomic mass is 16.7. The predicted octanol–water partition coefficient (Wildman–Crippen LogP) is 1.99. The third-order valence-corrected chi connectivity index (χ3v) is 2.65. The van der Waals surface area contributed by atoms with E-state index in [1.807, 2.05) is 30.3 Å². The molecule has 4 nitrogen and oxygen atoms in total. The molecule has 1 fully saturated rings. The van der Waals surface area contributed by atoms with E-state index >= 15 is 0 Å². The van der Waals surface area contributed by atoms with E-state index in [-0.39, 0.29) is 6.29 Å². The topological polar surface area (TPSA) is 40.6 Å². The second-order valence-corrected chi connectivity index (χ2v) is 3.84. The molecule has 2 heterocycles. The van der Waals surface area contributed by atoms with Crippen molar-refractivity contribution in [3.05, 3.63) is 36.5 Å². The molecule has 17 heavy (non-hydrogen) atoms. The molecule has 0 amide bonds. The first kappa shape index (κ1) is 10.5. The molecular weight excluding hydrogens is 218 g/mol. The summed E-state index contributed by atoms with van der Waals surface area (Å²) in [4.78, 5) is 4.25. The Balaban J connectivity index is 1.72. The van der Waals surface area contributed by atoms with Crippen LogP contribution in [-0.4, -0.2) is 31.1 Å². The van der Waals surface area contributed by atoms with Gasteiger partial charge in [-0.25, -0.2) is 0 Å². The van der Waals surface area contributed by atoms with Gasteiger partial charge < -0.3 is 14.2 Å². The Labute approximate surface area is 99.1 Å². The lowest BCUT2D eigenvalue weighted by molar-refractivity contribution is -0.0683. The number of benzene rings is 1. The van der Waals surface area contributed by atoms with Crippen LogP contribution in [0.25, 0.3) is 10.9 Å². The summed E-state index contributed by atoms with van der Waals surface area (Å²) in [6.45, 7) is 1.72. The highest BCUT2D eigenvalue weighted by Gasteiger charge is 2.16. The van der Waals surface area contributed by atoms with Crippen molar-refractivity contribution in [2.45, 2.75) is 6.29 Å². The minimum atomic E-state index is -0.236. The predicted molar refractivity (Wildman–Crippen MR) is 62.9 cm³/mol. The first-order chi connectivity index (χ1) is 8.42. The normalized spacial score (nSPS) is 16.5. The van der Waals surface area contributed by atoms with Crippen LogP contribution in [0.5, 0.6) is 5.75 Å². The molecule has 2 aromatic rings. The van der Waals surface area contributed by atoms with Crippen molar-refractivity contribution < 1.29 is 14.2 Å². The van der Waals surface area contributed by atoms with Gasteiger partial charge in [-0.15, -0.1) is 0 Å². The molecule has 0 bridgehead atoms. The molecule has 0 radical (unpaired) electrons. The summed E-state index contributed by atoms with van der Waals surface area (Å²) in [5.41, 5.74) is 0.966. The van der Waals surface area contributed by atoms with Gasteiger partial charge in [0.2, 0.25) is 0 Å². The van der Waals surface area contributed by atoms with Crippen LogP contribution in [-0.2, 0) is 9.47 Å². The van der Waals surface area contributed by atoms with Crippen LogP contribution in [0, 0.1) is 0 Å². The lowest BCUT2D eigenvalue weighted by Gasteiger charge is -2.11. The molecule has 1 aliphatic heterocycles. The number of fused-ring (bicyclic) bond motifs is 1. The molecule has 4 heteroatoms. The fraction of sp³-hybridized carbons (Fsp3) is 0.308. The van der Waals surface area contributed by atoms with Crippen LogP contribution in [0.15, 0.2) is 36.5 Å². The van der Waals surface area contributed by atoms with Crippen LogP contribution < -0.4 is 4.74 Å². The molecule has 0 atom stereocenters. The standard InChI is InChI=1S/C13H13NO3/c1-2-10-8-11(3-4-12(10)14-5-1)17-9-13-15-6-7-16-13/h1-5,8,13H,6-7,9H2. The minimum absolute atomic E-state index is 0.236. The van der Waals surface area contributed by atoms with E-state index in [9.17, 15) is 0 Å². The summed E-state index contributed by atoms with van der Waals surface area (Å²) in [6.07, 6.45) is 1.54. The number of rotatable bonds is 3. The summed E-state index contributed by atoms with van der Waals surface area (Å²) >= 11 is 0. The van der Waals surface area contributed by atoms with Crippen molar-refractivity contribution in [3.8, 4) is 5.75 Å². The molecule has 3 rings (SSSR count). The Morgan fingerprint density at radius 3 is 3.00 bits per heavy atom. The van der Waals surface area contributed by atoms with Gasteiger partial charge in [0.05, 0.1) is 18.7 Å². The number of pyridine rings is 1. The smallest absolute Gasteiger partial charge is 0.191 e. The highest BCUT2D eigenvalue weighted by Crippen LogP contribution is 2.19. The number of hydrogen-bond donors (Lipinski definition) is 0. The summed E-state index contributed by atoms with van der Waals surface area (Å²) in [7, 11) is 0. The molecule has 1 aromatic heterocycles. The lowest BCUT2D eigenvalue weighted by Crippen LogP contribution is -2.18. The van der Waals surface area contributed by atoms with E-state index in [1.54, 1.807) is 6.20 Å². The molecule has 1 aromatic carbocycles. The van der Waals surface area contributed by atoms with Gasteiger partial charge in [-0.3, -0.25) is 4.98 Å². The maximum atomic E-state index is 5.62. The molecule has 1 saturated heterocycles. The van der Waals surface area contributed by atoms with E-state index in [2.05, 4.69) is 4.98 Å². The number of ether oxygens (including phenoxy) is 3. The van der Waals surface area contributed by atoms with Gasteiger partial charge in [0, 0.05) is 11.6 Å². The third-order valence-electron chi connectivity index (χ3n) is 2.65. The zero-order chi connectivity index (χ0) is 11.5. The second kappa shape index (κ2) is 4.69. The Bertz CT molecular complexity index is 509. The van der Waals surface area contributed by atoms with Gasteiger partial charge in [0.1, 0.15) is 12.4 Å². The van der Waals surface area contributed by atoms with Gasteiger partial charge in [0.15, 0.2) is 6.29 Å². The van der Waals surface area contributed by atoms with Gasteiger partial charge in [-0.05, 0) is 24.3 Å². The van der Waals surface area contributed by atoms with E-state index in [0.717, 1.165) is 16.7 Å². The third kappa shape index (κ3) is 2.38. The zero-order valence-corrected chi connectivity index (χ0v) is 9.33. The number of hydrogen-bond acceptors (Lipinski definition) is 4. The average Bonchev–Trinajstić information content (AvgIpc) is 2.89. The van der Waals surface area contributed by atoms with Crippen molar-refractivity contribution in [3.63, 3.8) is 0 Å². The first-order valence-corrected chi connectivity index (χ1v) is 5.62. The Kier molecular flexibility index (Phi) is 2.90. The van der Waals surface area contributed by atoms with Crippen LogP contribution in [0.2, 0.25) is 0 Å². The van der Waals surface area contributed by atoms with Crippen molar-refractivity contribution in [2.24, 2.45) is 0 Å². The highest BCUT2D eigenvalue weighted by molar-refractivity contribution is 5.79. The lowest BCUT2D eigenvalue weighted by atomic mass is 10.2. The van der Waals surface area contributed by atoms with Crippen LogP contribution in [0.4, 0.5) is 0 Å². The van der Waals surface area contributed by atoms with Crippen molar-refractivity contribution in [1.82, 2.24) is 4.98 Å². The molecule has 0 N–H and O–H groups in total. The molecule has 0 spiro atoms. The summed E-state index contributed by atoms with van der Waals surface area (Å²) in [6, 6.07) is 9.75. The van der Waals surface area contributed by atoms with Gasteiger partial charge >= 0.3 is 0 Å². The largest absolute Gasteiger partial charge is 0.488 e. The molecule has 88 valence electrons. The Morgan fingerprint density at radius 2 is 2.12 bits per heavy atom. The molecule has 0 saturated carbocycles. The van der Waals surface area contributed by atoms with E-state index < -0.39 is 0 Å². The molecule has 0 aliphatic carbocycles. The Hall–Kier alpha value is -1.65. The van der Waals surface area contributed by atoms with Gasteiger partial charge in [-0.1, -0.05) is 6.07 Å². The zero-order valence-electron chi connectivity index (χ0n) is 9.33. The summed E-state index contributed by atoms with van der Waals surface area (Å²) < 4.78 is 16.2. The van der Waals surface area contributed by atoms with Crippen molar-refractivity contribution in [1.29, 1.82) is 0 Å². The molecule has 1 aliphatic rings. The van der Waals surface area contributed by atoms with E-state index in [0.29, 0.717) is 19.8 Å². The quantitative estimate of drug-likeness (QED) is 0.810. The summed E-state index contributed by atoms with van der Waals surface area (Å²) in [5, 5.41) is 1.07. The Morgan fingerprint density at radius 1 is 1.24 bits per heavy atom. The minimum Gasteiger partial charge on any atom is -0.488 e. The number of aromatic nitrogens is 1. The van der Waals surface area contributed by atoms with Gasteiger partial charge in [0.25, 0.3) is 0 Å². The second-order valence-electron chi connectivity index (χ2n) is 3.84. The van der Waals surface area contributed by atoms with E-state index in [1.165, 1.54) is 0 Å². The molecule has 0 unspecified atom stereocenters. The monoisotopic (exact) mass is 231 g/mol. The van der Waals surface area contributed by atoms with E-state index in [4.69, 9.17) is 14.2 Å². The fourth-order valence-corrected chi connectivity index (χ4v) is 1.81. The maximum Gasteiger partial charge on any atom is 0.191 e. The molecular formula is C13H13NO3. The fourth-order valence-electron chi connectivity index (χ4n) is 1.81. The number of nitrogens with zero attached hydrogens (tertiary/aromatic N) is 1. The van der Waals surface area contributed by atoms with Crippen LogP contribution >= 0.6 is 0 Å². The van der Waals surface area contributed by atoms with Crippen molar-refractivity contribution >= 4 is 10.9 Å². The van der Waals surface area contributed by atoms with Crippen LogP contribution in [0.1, 0.15) is 0 Å². The SMILES string of the molecule is c1cnc2ccc(OCC3OCCO3)cc2c1. The first-order valence-electron chi connectivity index (χ1n) is 5.62.